The second kappa shape index (κ2) is 4.33. The van der Waals surface area contributed by atoms with Crippen molar-refractivity contribution in [2.45, 2.75) is 6.18 Å². The Morgan fingerprint density at radius 1 is 0.941 bits per heavy atom. The van der Waals surface area contributed by atoms with Gasteiger partial charge < -0.3 is 4.98 Å². The molecule has 1 aromatic carbocycles. The SMILES string of the molecule is FC(F)(F)c1ccc(=S)[nH]c1-c1ccccc1. The van der Waals surface area contributed by atoms with Gasteiger partial charge in [0.05, 0.1) is 11.3 Å². The Kier molecular flexibility index (Phi) is 3.02. The van der Waals surface area contributed by atoms with Crippen LogP contribution in [0.15, 0.2) is 42.5 Å². The molecule has 17 heavy (non-hydrogen) atoms. The average Bonchev–Trinajstić information content (AvgIpc) is 2.28. The highest BCUT2D eigenvalue weighted by Crippen LogP contribution is 2.35. The Hall–Kier alpha value is -1.62. The van der Waals surface area contributed by atoms with Crippen LogP contribution in [0.2, 0.25) is 0 Å². The van der Waals surface area contributed by atoms with Crippen LogP contribution < -0.4 is 0 Å². The van der Waals surface area contributed by atoms with Crippen LogP contribution in [0.1, 0.15) is 5.56 Å². The van der Waals surface area contributed by atoms with Gasteiger partial charge in [0.25, 0.3) is 0 Å². The molecule has 0 saturated heterocycles. The van der Waals surface area contributed by atoms with Gasteiger partial charge in [-0.05, 0) is 17.7 Å². The van der Waals surface area contributed by atoms with Crippen LogP contribution in [0.4, 0.5) is 13.2 Å². The first-order valence-electron chi connectivity index (χ1n) is 4.84. The Morgan fingerprint density at radius 2 is 1.59 bits per heavy atom. The van der Waals surface area contributed by atoms with Crippen molar-refractivity contribution in [2.24, 2.45) is 0 Å². The van der Waals surface area contributed by atoms with Crippen molar-refractivity contribution in [3.05, 3.63) is 52.7 Å². The molecule has 1 N–H and O–H groups in total. The summed E-state index contributed by atoms with van der Waals surface area (Å²) in [5.74, 6) is 0. The van der Waals surface area contributed by atoms with E-state index >= 15 is 0 Å². The summed E-state index contributed by atoms with van der Waals surface area (Å²) in [6.07, 6.45) is -4.40. The average molecular weight is 255 g/mol. The fourth-order valence-electron chi connectivity index (χ4n) is 1.54. The number of benzene rings is 1. The molecule has 88 valence electrons. The van der Waals surface area contributed by atoms with Gasteiger partial charge in [-0.2, -0.15) is 13.2 Å². The van der Waals surface area contributed by atoms with Gasteiger partial charge in [-0.25, -0.2) is 0 Å². The number of nitrogens with one attached hydrogen (secondary N) is 1. The molecule has 0 atom stereocenters. The van der Waals surface area contributed by atoms with Crippen molar-refractivity contribution >= 4 is 12.2 Å². The van der Waals surface area contributed by atoms with E-state index in [1.807, 2.05) is 0 Å². The Labute approximate surface area is 101 Å². The zero-order valence-corrected chi connectivity index (χ0v) is 9.40. The molecule has 2 rings (SSSR count). The van der Waals surface area contributed by atoms with E-state index in [0.29, 0.717) is 5.56 Å². The Balaban J connectivity index is 2.68. The van der Waals surface area contributed by atoms with Gasteiger partial charge in [-0.3, -0.25) is 0 Å². The van der Waals surface area contributed by atoms with Gasteiger partial charge in [0, 0.05) is 0 Å². The number of alkyl halides is 3. The molecule has 1 nitrogen and oxygen atoms in total. The number of pyridine rings is 1. The number of halogens is 3. The molecule has 0 fully saturated rings. The monoisotopic (exact) mass is 255 g/mol. The molecule has 0 bridgehead atoms. The molecule has 0 aliphatic heterocycles. The summed E-state index contributed by atoms with van der Waals surface area (Å²) in [7, 11) is 0. The van der Waals surface area contributed by atoms with E-state index in [-0.39, 0.29) is 10.3 Å². The lowest BCUT2D eigenvalue weighted by molar-refractivity contribution is -0.137. The minimum atomic E-state index is -4.40. The van der Waals surface area contributed by atoms with Gasteiger partial charge in [0.1, 0.15) is 4.64 Å². The zero-order chi connectivity index (χ0) is 12.5. The summed E-state index contributed by atoms with van der Waals surface area (Å²) in [6.45, 7) is 0. The van der Waals surface area contributed by atoms with Gasteiger partial charge in [0.15, 0.2) is 0 Å². The smallest absolute Gasteiger partial charge is 0.346 e. The highest BCUT2D eigenvalue weighted by atomic mass is 32.1. The number of rotatable bonds is 1. The number of aromatic nitrogens is 1. The van der Waals surface area contributed by atoms with Gasteiger partial charge >= 0.3 is 6.18 Å². The molecule has 0 aliphatic rings. The molecular weight excluding hydrogens is 247 g/mol. The third kappa shape index (κ3) is 2.55. The van der Waals surface area contributed by atoms with E-state index in [1.165, 1.54) is 6.07 Å². The lowest BCUT2D eigenvalue weighted by Crippen LogP contribution is -2.08. The molecule has 0 aliphatic carbocycles. The van der Waals surface area contributed by atoms with Gasteiger partial charge in [-0.1, -0.05) is 42.5 Å². The van der Waals surface area contributed by atoms with Crippen molar-refractivity contribution in [2.75, 3.05) is 0 Å². The number of H-pyrrole nitrogens is 1. The second-order valence-electron chi connectivity index (χ2n) is 3.48. The van der Waals surface area contributed by atoms with Crippen molar-refractivity contribution in [1.82, 2.24) is 4.98 Å². The molecule has 1 aromatic heterocycles. The highest BCUT2D eigenvalue weighted by Gasteiger charge is 2.33. The highest BCUT2D eigenvalue weighted by molar-refractivity contribution is 7.71. The molecule has 0 unspecified atom stereocenters. The summed E-state index contributed by atoms with van der Waals surface area (Å²) >= 11 is 4.86. The largest absolute Gasteiger partial charge is 0.418 e. The predicted molar refractivity (Wildman–Crippen MR) is 62.1 cm³/mol. The van der Waals surface area contributed by atoms with Crippen LogP contribution in [-0.4, -0.2) is 4.98 Å². The molecule has 0 amide bonds. The van der Waals surface area contributed by atoms with E-state index < -0.39 is 11.7 Å². The maximum absolute atomic E-state index is 12.8. The molecule has 0 saturated carbocycles. The molecule has 2 aromatic rings. The zero-order valence-electron chi connectivity index (χ0n) is 8.58. The topological polar surface area (TPSA) is 15.8 Å². The van der Waals surface area contributed by atoms with E-state index in [0.717, 1.165) is 6.07 Å². The summed E-state index contributed by atoms with van der Waals surface area (Å²) in [6, 6.07) is 10.6. The molecule has 0 spiro atoms. The number of hydrogen-bond acceptors (Lipinski definition) is 1. The van der Waals surface area contributed by atoms with Crippen molar-refractivity contribution < 1.29 is 13.2 Å². The first-order chi connectivity index (χ1) is 7.98. The minimum Gasteiger partial charge on any atom is -0.346 e. The van der Waals surface area contributed by atoms with Gasteiger partial charge in [0.2, 0.25) is 0 Å². The van der Waals surface area contributed by atoms with Crippen LogP contribution in [0.5, 0.6) is 0 Å². The normalized spacial score (nSPS) is 11.5. The molecule has 0 radical (unpaired) electrons. The van der Waals surface area contributed by atoms with Crippen LogP contribution in [0, 0.1) is 4.64 Å². The van der Waals surface area contributed by atoms with Crippen LogP contribution in [-0.2, 0) is 6.18 Å². The lowest BCUT2D eigenvalue weighted by Gasteiger charge is -2.12. The quantitative estimate of drug-likeness (QED) is 0.745. The van der Waals surface area contributed by atoms with Gasteiger partial charge in [-0.15, -0.1) is 0 Å². The van der Waals surface area contributed by atoms with Crippen LogP contribution in [0.25, 0.3) is 11.3 Å². The van der Waals surface area contributed by atoms with Crippen LogP contribution in [0.3, 0.4) is 0 Å². The Morgan fingerprint density at radius 3 is 2.18 bits per heavy atom. The van der Waals surface area contributed by atoms with Crippen molar-refractivity contribution in [3.8, 4) is 11.3 Å². The third-order valence-corrected chi connectivity index (χ3v) is 2.52. The van der Waals surface area contributed by atoms with E-state index in [9.17, 15) is 13.2 Å². The summed E-state index contributed by atoms with van der Waals surface area (Å²) < 4.78 is 38.7. The maximum Gasteiger partial charge on any atom is 0.418 e. The molecular formula is C12H8F3NS. The summed E-state index contributed by atoms with van der Waals surface area (Å²) in [4.78, 5) is 2.59. The molecule has 1 heterocycles. The van der Waals surface area contributed by atoms with E-state index in [1.54, 1.807) is 30.3 Å². The number of hydrogen-bond donors (Lipinski definition) is 1. The standard InChI is InChI=1S/C12H8F3NS/c13-12(14,15)9-6-7-10(17)16-11(9)8-4-2-1-3-5-8/h1-7H,(H,16,17). The molecule has 5 heteroatoms. The summed E-state index contributed by atoms with van der Waals surface area (Å²) in [5.41, 5.74) is -0.241. The second-order valence-corrected chi connectivity index (χ2v) is 3.91. The van der Waals surface area contributed by atoms with E-state index in [2.05, 4.69) is 4.98 Å². The predicted octanol–water partition coefficient (Wildman–Crippen LogP) is 4.43. The van der Waals surface area contributed by atoms with E-state index in [4.69, 9.17) is 12.2 Å². The lowest BCUT2D eigenvalue weighted by atomic mass is 10.1. The summed E-state index contributed by atoms with van der Waals surface area (Å²) in [5, 5.41) is 0. The van der Waals surface area contributed by atoms with Crippen molar-refractivity contribution in [3.63, 3.8) is 0 Å². The Bertz CT molecular complexity index is 572. The third-order valence-electron chi connectivity index (χ3n) is 2.29. The van der Waals surface area contributed by atoms with Crippen molar-refractivity contribution in [1.29, 1.82) is 0 Å². The van der Waals surface area contributed by atoms with Crippen LogP contribution >= 0.6 is 12.2 Å². The minimum absolute atomic E-state index is 0.00519. The first-order valence-corrected chi connectivity index (χ1v) is 5.25. The number of aromatic amines is 1. The first kappa shape index (κ1) is 11.9. The fourth-order valence-corrected chi connectivity index (χ4v) is 1.71. The maximum atomic E-state index is 12.8. The fraction of sp³-hybridized carbons (Fsp3) is 0.0833.